The van der Waals surface area contributed by atoms with Gasteiger partial charge in [-0.3, -0.25) is 9.48 Å². The summed E-state index contributed by atoms with van der Waals surface area (Å²) < 4.78 is 21.4. The Morgan fingerprint density at radius 3 is 2.73 bits per heavy atom. The first-order valence-corrected chi connectivity index (χ1v) is 10.0. The van der Waals surface area contributed by atoms with E-state index in [-0.39, 0.29) is 35.4 Å². The molecule has 1 aromatic carbocycles. The summed E-state index contributed by atoms with van der Waals surface area (Å²) in [6, 6.07) is 7.03. The number of aryl methyl sites for hydroxylation is 2. The smallest absolute Gasteiger partial charge is 0.361 e. The number of hydrogen-bond acceptors (Lipinski definition) is 7. The quantitative estimate of drug-likeness (QED) is 0.319. The van der Waals surface area contributed by atoms with Gasteiger partial charge in [-0.15, -0.1) is 0 Å². The number of carbonyl (C=O) groups excluding carboxylic acids is 1. The maximum atomic E-state index is 13.3. The molecule has 13 heteroatoms. The van der Waals surface area contributed by atoms with E-state index in [0.29, 0.717) is 16.9 Å². The molecular formula is C20H17ClFN7O4. The molecule has 0 atom stereocenters. The first-order valence-electron chi connectivity index (χ1n) is 9.64. The molecule has 0 aliphatic heterocycles. The van der Waals surface area contributed by atoms with Crippen LogP contribution in [0.1, 0.15) is 33.1 Å². The lowest BCUT2D eigenvalue weighted by Crippen LogP contribution is -2.16. The third-order valence-electron chi connectivity index (χ3n) is 4.89. The van der Waals surface area contributed by atoms with Crippen LogP contribution >= 0.6 is 11.6 Å². The lowest BCUT2D eigenvalue weighted by atomic mass is 10.2. The molecule has 0 spiro atoms. The summed E-state index contributed by atoms with van der Waals surface area (Å²) in [6.07, 6.45) is 1.43. The number of aromatic nitrogens is 5. The predicted molar refractivity (Wildman–Crippen MR) is 115 cm³/mol. The fourth-order valence-corrected chi connectivity index (χ4v) is 3.40. The average molecular weight is 474 g/mol. The first kappa shape index (κ1) is 22.1. The molecule has 1 amide bonds. The molecule has 4 aromatic rings. The number of benzene rings is 1. The van der Waals surface area contributed by atoms with Gasteiger partial charge >= 0.3 is 5.82 Å². The second kappa shape index (κ2) is 8.82. The summed E-state index contributed by atoms with van der Waals surface area (Å²) in [6.45, 7) is 3.77. The van der Waals surface area contributed by atoms with Gasteiger partial charge in [-0.2, -0.15) is 9.78 Å². The number of anilines is 1. The molecule has 0 fully saturated rings. The van der Waals surface area contributed by atoms with Gasteiger partial charge in [0.25, 0.3) is 5.91 Å². The third kappa shape index (κ3) is 4.75. The van der Waals surface area contributed by atoms with Gasteiger partial charge in [-0.1, -0.05) is 22.8 Å². The Balaban J connectivity index is 1.51. The summed E-state index contributed by atoms with van der Waals surface area (Å²) in [4.78, 5) is 23.1. The molecule has 0 saturated carbocycles. The highest BCUT2D eigenvalue weighted by atomic mass is 35.5. The maximum Gasteiger partial charge on any atom is 0.389 e. The Kier molecular flexibility index (Phi) is 5.92. The number of nitro groups is 1. The number of nitrogens with one attached hydrogen (secondary N) is 1. The molecule has 0 aliphatic rings. The third-order valence-corrected chi connectivity index (χ3v) is 5.24. The van der Waals surface area contributed by atoms with E-state index in [4.69, 9.17) is 16.1 Å². The van der Waals surface area contributed by atoms with Gasteiger partial charge in [-0.25, -0.2) is 4.39 Å². The monoisotopic (exact) mass is 473 g/mol. The van der Waals surface area contributed by atoms with Gasteiger partial charge in [0.2, 0.25) is 0 Å². The van der Waals surface area contributed by atoms with Crippen molar-refractivity contribution in [2.75, 3.05) is 5.32 Å². The molecule has 170 valence electrons. The number of nitrogens with zero attached hydrogens (tertiary/aromatic N) is 6. The van der Waals surface area contributed by atoms with Crippen LogP contribution in [0.3, 0.4) is 0 Å². The Morgan fingerprint density at radius 1 is 1.24 bits per heavy atom. The molecule has 11 nitrogen and oxygen atoms in total. The SMILES string of the molecule is Cc1onc(C(=O)Nc2cc(C)n(Cc3ccc(F)cc3Cl)n2)c1Cn1ccc([N+](=O)[O-])n1. The summed E-state index contributed by atoms with van der Waals surface area (Å²) in [5.74, 6) is -0.648. The van der Waals surface area contributed by atoms with Gasteiger partial charge in [0, 0.05) is 16.8 Å². The summed E-state index contributed by atoms with van der Waals surface area (Å²) in [5.41, 5.74) is 1.86. The van der Waals surface area contributed by atoms with E-state index >= 15 is 0 Å². The van der Waals surface area contributed by atoms with Crippen molar-refractivity contribution >= 4 is 29.1 Å². The molecule has 0 bridgehead atoms. The highest BCUT2D eigenvalue weighted by Crippen LogP contribution is 2.21. The molecule has 0 radical (unpaired) electrons. The summed E-state index contributed by atoms with van der Waals surface area (Å²) >= 11 is 6.09. The minimum absolute atomic E-state index is 0.0134. The number of halogens is 2. The molecule has 4 rings (SSSR count). The minimum Gasteiger partial charge on any atom is -0.361 e. The molecule has 3 aromatic heterocycles. The lowest BCUT2D eigenvalue weighted by molar-refractivity contribution is -0.389. The second-order valence-electron chi connectivity index (χ2n) is 7.21. The lowest BCUT2D eigenvalue weighted by Gasteiger charge is -2.06. The van der Waals surface area contributed by atoms with Crippen LogP contribution in [0.2, 0.25) is 5.02 Å². The summed E-state index contributed by atoms with van der Waals surface area (Å²) in [7, 11) is 0. The van der Waals surface area contributed by atoms with Crippen LogP contribution in [0.15, 0.2) is 41.1 Å². The van der Waals surface area contributed by atoms with Crippen LogP contribution in [0, 0.1) is 29.8 Å². The molecule has 33 heavy (non-hydrogen) atoms. The van der Waals surface area contributed by atoms with Crippen molar-refractivity contribution in [3.05, 3.63) is 85.8 Å². The largest absolute Gasteiger partial charge is 0.389 e. The van der Waals surface area contributed by atoms with Crippen LogP contribution in [0.4, 0.5) is 16.0 Å². The van der Waals surface area contributed by atoms with Gasteiger partial charge in [0.1, 0.15) is 11.6 Å². The minimum atomic E-state index is -0.609. The zero-order valence-electron chi connectivity index (χ0n) is 17.5. The van der Waals surface area contributed by atoms with Crippen molar-refractivity contribution in [1.82, 2.24) is 24.7 Å². The second-order valence-corrected chi connectivity index (χ2v) is 7.62. The van der Waals surface area contributed by atoms with Crippen LogP contribution < -0.4 is 5.32 Å². The zero-order valence-corrected chi connectivity index (χ0v) is 18.2. The number of hydrogen-bond donors (Lipinski definition) is 1. The number of amides is 1. The van der Waals surface area contributed by atoms with Crippen molar-refractivity contribution < 1.29 is 18.6 Å². The van der Waals surface area contributed by atoms with Crippen LogP contribution in [-0.2, 0) is 13.1 Å². The Hall–Kier alpha value is -4.06. The standard InChI is InChI=1S/C20H17ClFN7O4/c1-11-7-17(24-28(11)9-13-3-4-14(22)8-16(13)21)23-20(30)19-15(12(2)33-26-19)10-27-6-5-18(25-27)29(31)32/h3-8H,9-10H2,1-2H3,(H,23,24,30). The Morgan fingerprint density at radius 2 is 2.03 bits per heavy atom. The van der Waals surface area contributed by atoms with Crippen molar-refractivity contribution in [1.29, 1.82) is 0 Å². The fourth-order valence-electron chi connectivity index (χ4n) is 3.17. The van der Waals surface area contributed by atoms with Crippen LogP contribution in [0.5, 0.6) is 0 Å². The summed E-state index contributed by atoms with van der Waals surface area (Å²) in [5, 5.41) is 25.8. The van der Waals surface area contributed by atoms with Crippen LogP contribution in [-0.4, -0.2) is 35.5 Å². The molecule has 1 N–H and O–H groups in total. The molecule has 0 saturated heterocycles. The predicted octanol–water partition coefficient (Wildman–Crippen LogP) is 3.73. The van der Waals surface area contributed by atoms with Crippen molar-refractivity contribution in [3.63, 3.8) is 0 Å². The van der Waals surface area contributed by atoms with Gasteiger partial charge < -0.3 is 20.0 Å². The maximum absolute atomic E-state index is 13.3. The van der Waals surface area contributed by atoms with Crippen molar-refractivity contribution in [2.45, 2.75) is 26.9 Å². The fraction of sp³-hybridized carbons (Fsp3) is 0.200. The van der Waals surface area contributed by atoms with E-state index in [0.717, 1.165) is 5.69 Å². The first-order chi connectivity index (χ1) is 15.7. The van der Waals surface area contributed by atoms with Gasteiger partial charge in [-0.05, 0) is 36.5 Å². The molecule has 0 unspecified atom stereocenters. The zero-order chi connectivity index (χ0) is 23.7. The van der Waals surface area contributed by atoms with E-state index in [1.165, 1.54) is 29.1 Å². The molecule has 0 aliphatic carbocycles. The van der Waals surface area contributed by atoms with E-state index in [1.807, 2.05) is 0 Å². The normalized spacial score (nSPS) is 11.0. The molecular weight excluding hydrogens is 457 g/mol. The van der Waals surface area contributed by atoms with Crippen molar-refractivity contribution in [2.24, 2.45) is 0 Å². The van der Waals surface area contributed by atoms with E-state index < -0.39 is 16.6 Å². The van der Waals surface area contributed by atoms with Gasteiger partial charge in [0.05, 0.1) is 36.0 Å². The van der Waals surface area contributed by atoms with E-state index in [9.17, 15) is 19.3 Å². The van der Waals surface area contributed by atoms with E-state index in [1.54, 1.807) is 30.7 Å². The van der Waals surface area contributed by atoms with Crippen molar-refractivity contribution in [3.8, 4) is 0 Å². The molecule has 3 heterocycles. The average Bonchev–Trinajstić information content (AvgIpc) is 3.45. The van der Waals surface area contributed by atoms with E-state index in [2.05, 4.69) is 20.7 Å². The number of carbonyl (C=O) groups is 1. The highest BCUT2D eigenvalue weighted by molar-refractivity contribution is 6.31. The Bertz CT molecular complexity index is 1360. The van der Waals surface area contributed by atoms with Gasteiger partial charge in [0.15, 0.2) is 11.5 Å². The highest BCUT2D eigenvalue weighted by Gasteiger charge is 2.23. The Labute approximate surface area is 190 Å². The topological polar surface area (TPSA) is 134 Å². The van der Waals surface area contributed by atoms with Crippen LogP contribution in [0.25, 0.3) is 0 Å². The number of rotatable bonds is 7.